The summed E-state index contributed by atoms with van der Waals surface area (Å²) in [5.74, 6) is 0.0987. The number of benzene rings is 2. The molecule has 0 unspecified atom stereocenters. The first-order valence-electron chi connectivity index (χ1n) is 7.35. The largest absolute Gasteiger partial charge is 0.495 e. The van der Waals surface area contributed by atoms with E-state index in [1.165, 1.54) is 38.1 Å². The Kier molecular flexibility index (Phi) is 5.59. The molecule has 0 radical (unpaired) electrons. The van der Waals surface area contributed by atoms with Crippen LogP contribution in [0.3, 0.4) is 0 Å². The number of anilines is 2. The topological polar surface area (TPSA) is 66.9 Å². The molecule has 2 rings (SSSR count). The van der Waals surface area contributed by atoms with Crippen LogP contribution in [-0.2, 0) is 14.8 Å². The first kappa shape index (κ1) is 19.1. The molecular weight excluding hydrogens is 364 g/mol. The SMILES string of the molecule is COc1ccc(Cl)cc1S(=O)(=O)N(C)c1ccc(N(C)C(C)=O)cc1. The first-order valence-corrected chi connectivity index (χ1v) is 9.17. The molecule has 6 nitrogen and oxygen atoms in total. The molecule has 0 fully saturated rings. The maximum atomic E-state index is 12.9. The van der Waals surface area contributed by atoms with Crippen LogP contribution in [-0.4, -0.2) is 35.5 Å². The number of hydrogen-bond donors (Lipinski definition) is 0. The summed E-state index contributed by atoms with van der Waals surface area (Å²) in [4.78, 5) is 12.9. The van der Waals surface area contributed by atoms with E-state index in [0.717, 1.165) is 4.31 Å². The third-order valence-electron chi connectivity index (χ3n) is 3.84. The van der Waals surface area contributed by atoms with Crippen molar-refractivity contribution in [2.45, 2.75) is 11.8 Å². The lowest BCUT2D eigenvalue weighted by Crippen LogP contribution is -2.27. The third-order valence-corrected chi connectivity index (χ3v) is 5.88. The van der Waals surface area contributed by atoms with Crippen molar-refractivity contribution in [1.82, 2.24) is 0 Å². The second kappa shape index (κ2) is 7.33. The van der Waals surface area contributed by atoms with Crippen molar-refractivity contribution < 1.29 is 17.9 Å². The number of ether oxygens (including phenoxy) is 1. The van der Waals surface area contributed by atoms with Crippen LogP contribution in [0.15, 0.2) is 47.4 Å². The number of carbonyl (C=O) groups excluding carboxylic acids is 1. The highest BCUT2D eigenvalue weighted by atomic mass is 35.5. The number of rotatable bonds is 5. The van der Waals surface area contributed by atoms with Crippen LogP contribution in [0.4, 0.5) is 11.4 Å². The lowest BCUT2D eigenvalue weighted by atomic mass is 10.2. The Morgan fingerprint density at radius 3 is 2.12 bits per heavy atom. The van der Waals surface area contributed by atoms with Crippen LogP contribution >= 0.6 is 11.6 Å². The Hall–Kier alpha value is -2.25. The molecule has 0 N–H and O–H groups in total. The Morgan fingerprint density at radius 2 is 1.60 bits per heavy atom. The van der Waals surface area contributed by atoms with Crippen molar-refractivity contribution in [3.05, 3.63) is 47.5 Å². The molecule has 8 heteroatoms. The summed E-state index contributed by atoms with van der Waals surface area (Å²) < 4.78 is 32.1. The van der Waals surface area contributed by atoms with E-state index in [9.17, 15) is 13.2 Å². The van der Waals surface area contributed by atoms with E-state index in [-0.39, 0.29) is 16.6 Å². The standard InChI is InChI=1S/C17H19ClN2O4S/c1-12(21)19(2)14-6-8-15(9-7-14)20(3)25(22,23)17-11-13(18)5-10-16(17)24-4/h5-11H,1-4H3. The van der Waals surface area contributed by atoms with E-state index < -0.39 is 10.0 Å². The molecule has 0 aliphatic heterocycles. The Morgan fingerprint density at radius 1 is 1.04 bits per heavy atom. The number of hydrogen-bond acceptors (Lipinski definition) is 4. The zero-order valence-electron chi connectivity index (χ0n) is 14.4. The smallest absolute Gasteiger partial charge is 0.267 e. The highest BCUT2D eigenvalue weighted by Gasteiger charge is 2.25. The zero-order valence-corrected chi connectivity index (χ0v) is 15.9. The van der Waals surface area contributed by atoms with Gasteiger partial charge in [0.25, 0.3) is 10.0 Å². The summed E-state index contributed by atoms with van der Waals surface area (Å²) in [6.07, 6.45) is 0. The summed E-state index contributed by atoms with van der Waals surface area (Å²) in [6, 6.07) is 11.0. The monoisotopic (exact) mass is 382 g/mol. The van der Waals surface area contributed by atoms with E-state index in [1.54, 1.807) is 37.4 Å². The Labute approximate surface area is 152 Å². The molecule has 2 aromatic carbocycles. The van der Waals surface area contributed by atoms with Crippen molar-refractivity contribution in [3.63, 3.8) is 0 Å². The van der Waals surface area contributed by atoms with E-state index in [2.05, 4.69) is 0 Å². The normalized spacial score (nSPS) is 11.1. The minimum Gasteiger partial charge on any atom is -0.495 e. The van der Waals surface area contributed by atoms with Gasteiger partial charge in [-0.3, -0.25) is 9.10 Å². The van der Waals surface area contributed by atoms with Gasteiger partial charge in [-0.05, 0) is 42.5 Å². The van der Waals surface area contributed by atoms with Crippen LogP contribution < -0.4 is 13.9 Å². The molecule has 0 saturated heterocycles. The second-order valence-electron chi connectivity index (χ2n) is 5.36. The molecule has 25 heavy (non-hydrogen) atoms. The highest BCUT2D eigenvalue weighted by Crippen LogP contribution is 2.31. The maximum Gasteiger partial charge on any atom is 0.267 e. The molecule has 0 heterocycles. The summed E-state index contributed by atoms with van der Waals surface area (Å²) in [7, 11) is 0.625. The third kappa shape index (κ3) is 3.88. The predicted molar refractivity (Wildman–Crippen MR) is 99.1 cm³/mol. The van der Waals surface area contributed by atoms with Gasteiger partial charge in [-0.1, -0.05) is 11.6 Å². The molecule has 0 spiro atoms. The van der Waals surface area contributed by atoms with E-state index in [0.29, 0.717) is 16.4 Å². The number of amides is 1. The number of methoxy groups -OCH3 is 1. The van der Waals surface area contributed by atoms with Gasteiger partial charge in [-0.2, -0.15) is 0 Å². The maximum absolute atomic E-state index is 12.9. The molecule has 0 saturated carbocycles. The lowest BCUT2D eigenvalue weighted by molar-refractivity contribution is -0.116. The van der Waals surface area contributed by atoms with Crippen LogP contribution in [0.5, 0.6) is 5.75 Å². The van der Waals surface area contributed by atoms with Crippen molar-refractivity contribution >= 4 is 38.9 Å². The summed E-state index contributed by atoms with van der Waals surface area (Å²) in [5, 5.41) is 0.297. The van der Waals surface area contributed by atoms with Crippen LogP contribution in [0.25, 0.3) is 0 Å². The van der Waals surface area contributed by atoms with E-state index in [4.69, 9.17) is 16.3 Å². The van der Waals surface area contributed by atoms with Crippen molar-refractivity contribution in [3.8, 4) is 5.75 Å². The molecule has 0 aromatic heterocycles. The number of sulfonamides is 1. The molecule has 0 aliphatic carbocycles. The average Bonchev–Trinajstić information content (AvgIpc) is 2.60. The van der Waals surface area contributed by atoms with Crippen molar-refractivity contribution in [2.75, 3.05) is 30.4 Å². The van der Waals surface area contributed by atoms with Crippen molar-refractivity contribution in [1.29, 1.82) is 0 Å². The number of carbonyl (C=O) groups is 1. The Bertz CT molecular complexity index is 882. The van der Waals surface area contributed by atoms with E-state index in [1.807, 2.05) is 0 Å². The van der Waals surface area contributed by atoms with E-state index >= 15 is 0 Å². The minimum atomic E-state index is -3.86. The first-order chi connectivity index (χ1) is 11.7. The van der Waals surface area contributed by atoms with Gasteiger partial charge in [0.1, 0.15) is 10.6 Å². The molecular formula is C17H19ClN2O4S. The van der Waals surface area contributed by atoms with Crippen molar-refractivity contribution in [2.24, 2.45) is 0 Å². The molecule has 134 valence electrons. The van der Waals surface area contributed by atoms with Gasteiger partial charge in [0.2, 0.25) is 5.91 Å². The highest BCUT2D eigenvalue weighted by molar-refractivity contribution is 7.93. The predicted octanol–water partition coefficient (Wildman–Crippen LogP) is 3.16. The van der Waals surface area contributed by atoms with Gasteiger partial charge in [0.05, 0.1) is 12.8 Å². The van der Waals surface area contributed by atoms with Gasteiger partial charge in [0.15, 0.2) is 0 Å². The van der Waals surface area contributed by atoms with Gasteiger partial charge in [0, 0.05) is 31.7 Å². The lowest BCUT2D eigenvalue weighted by Gasteiger charge is -2.22. The van der Waals surface area contributed by atoms with Gasteiger partial charge in [-0.25, -0.2) is 8.42 Å². The molecule has 0 bridgehead atoms. The fraction of sp³-hybridized carbons (Fsp3) is 0.235. The summed E-state index contributed by atoms with van der Waals surface area (Å²) in [5.41, 5.74) is 1.12. The molecule has 0 atom stereocenters. The molecule has 1 amide bonds. The van der Waals surface area contributed by atoms with Crippen LogP contribution in [0.2, 0.25) is 5.02 Å². The van der Waals surface area contributed by atoms with Crippen LogP contribution in [0.1, 0.15) is 6.92 Å². The van der Waals surface area contributed by atoms with Gasteiger partial charge >= 0.3 is 0 Å². The molecule has 0 aliphatic rings. The Balaban J connectivity index is 2.41. The summed E-state index contributed by atoms with van der Waals surface area (Å²) >= 11 is 5.94. The average molecular weight is 383 g/mol. The fourth-order valence-corrected chi connectivity index (χ4v) is 3.82. The van der Waals surface area contributed by atoms with Crippen LogP contribution in [0, 0.1) is 0 Å². The fourth-order valence-electron chi connectivity index (χ4n) is 2.21. The van der Waals surface area contributed by atoms with Gasteiger partial charge in [-0.15, -0.1) is 0 Å². The summed E-state index contributed by atoms with van der Waals surface area (Å²) in [6.45, 7) is 1.45. The minimum absolute atomic E-state index is 0.0186. The second-order valence-corrected chi connectivity index (χ2v) is 7.74. The number of nitrogens with zero attached hydrogens (tertiary/aromatic N) is 2. The number of halogens is 1. The zero-order chi connectivity index (χ0) is 18.8. The molecule has 2 aromatic rings. The quantitative estimate of drug-likeness (QED) is 0.796. The van der Waals surface area contributed by atoms with Gasteiger partial charge < -0.3 is 9.64 Å².